The van der Waals surface area contributed by atoms with Crippen molar-refractivity contribution in [1.82, 2.24) is 14.2 Å². The minimum Gasteiger partial charge on any atom is -0.483 e. The Morgan fingerprint density at radius 1 is 0.973 bits per heavy atom. The summed E-state index contributed by atoms with van der Waals surface area (Å²) < 4.78 is 36.7. The molecular formula is C28H30F2N4O2S. The summed E-state index contributed by atoms with van der Waals surface area (Å²) in [5, 5.41) is 0. The molecule has 1 saturated carbocycles. The molecule has 2 aliphatic heterocycles. The van der Waals surface area contributed by atoms with E-state index >= 15 is 0 Å². The highest BCUT2D eigenvalue weighted by Crippen LogP contribution is 2.30. The number of rotatable bonds is 7. The van der Waals surface area contributed by atoms with Gasteiger partial charge in [-0.2, -0.15) is 0 Å². The van der Waals surface area contributed by atoms with Gasteiger partial charge < -0.3 is 9.64 Å². The topological polar surface area (TPSA) is 48.9 Å². The number of hydrogen-bond donors (Lipinski definition) is 0. The first-order valence-electron chi connectivity index (χ1n) is 12.6. The van der Waals surface area contributed by atoms with Gasteiger partial charge in [-0.1, -0.05) is 18.0 Å². The van der Waals surface area contributed by atoms with Crippen LogP contribution in [0.2, 0.25) is 0 Å². The van der Waals surface area contributed by atoms with Crippen LogP contribution in [0.5, 0.6) is 0 Å². The van der Waals surface area contributed by atoms with E-state index in [-0.39, 0.29) is 17.6 Å². The molecule has 3 aliphatic rings. The van der Waals surface area contributed by atoms with E-state index in [4.69, 9.17) is 4.74 Å². The van der Waals surface area contributed by atoms with Crippen molar-refractivity contribution in [2.45, 2.75) is 37.5 Å². The summed E-state index contributed by atoms with van der Waals surface area (Å²) in [6, 6.07) is 7.15. The molecule has 1 aromatic heterocycles. The predicted octanol–water partition coefficient (Wildman–Crippen LogP) is 5.41. The van der Waals surface area contributed by atoms with E-state index in [2.05, 4.69) is 14.2 Å². The monoisotopic (exact) mass is 524 g/mol. The van der Waals surface area contributed by atoms with Crippen molar-refractivity contribution in [2.24, 2.45) is 0 Å². The number of nitrogens with zero attached hydrogens (tertiary/aromatic N) is 4. The second kappa shape index (κ2) is 11.9. The molecule has 0 atom stereocenters. The SMILES string of the molecule is O=C1\C(OC2CCCC2)=C(N2CCN(SCc3ccncc3)CC2)/C=C/C=C/N1c1cc(F)cc(F)c1. The average Bonchev–Trinajstić information content (AvgIpc) is 3.41. The van der Waals surface area contributed by atoms with Gasteiger partial charge in [0.05, 0.1) is 17.5 Å². The van der Waals surface area contributed by atoms with Gasteiger partial charge in [-0.3, -0.25) is 14.7 Å². The number of allylic oxidation sites excluding steroid dienone is 3. The lowest BCUT2D eigenvalue weighted by Gasteiger charge is -2.37. The summed E-state index contributed by atoms with van der Waals surface area (Å²) >= 11 is 1.79. The van der Waals surface area contributed by atoms with Gasteiger partial charge in [0.2, 0.25) is 5.76 Å². The summed E-state index contributed by atoms with van der Waals surface area (Å²) in [4.78, 5) is 21.4. The van der Waals surface area contributed by atoms with Crippen LogP contribution in [0.15, 0.2) is 78.6 Å². The van der Waals surface area contributed by atoms with Crippen molar-refractivity contribution in [3.8, 4) is 0 Å². The van der Waals surface area contributed by atoms with Crippen LogP contribution in [0, 0.1) is 11.6 Å². The van der Waals surface area contributed by atoms with Crippen LogP contribution in [0.3, 0.4) is 0 Å². The molecule has 2 fully saturated rings. The van der Waals surface area contributed by atoms with Gasteiger partial charge in [-0.05, 0) is 67.7 Å². The number of carbonyl (C=O) groups is 1. The Bertz CT molecular complexity index is 1170. The molecule has 1 aliphatic carbocycles. The number of carbonyl (C=O) groups excluding carboxylic acids is 1. The quantitative estimate of drug-likeness (QED) is 0.452. The number of benzene rings is 1. The zero-order chi connectivity index (χ0) is 25.6. The van der Waals surface area contributed by atoms with E-state index in [0.717, 1.165) is 75.8 Å². The fourth-order valence-corrected chi connectivity index (χ4v) is 5.71. The molecule has 0 spiro atoms. The molecule has 2 aromatic rings. The fourth-order valence-electron chi connectivity index (χ4n) is 4.76. The third-order valence-corrected chi connectivity index (χ3v) is 7.89. The molecule has 37 heavy (non-hydrogen) atoms. The smallest absolute Gasteiger partial charge is 0.299 e. The van der Waals surface area contributed by atoms with Gasteiger partial charge in [-0.25, -0.2) is 13.1 Å². The molecule has 0 N–H and O–H groups in total. The van der Waals surface area contributed by atoms with Crippen molar-refractivity contribution in [3.63, 3.8) is 0 Å². The maximum atomic E-state index is 14.0. The highest BCUT2D eigenvalue weighted by molar-refractivity contribution is 7.96. The first-order chi connectivity index (χ1) is 18.1. The van der Waals surface area contributed by atoms with Gasteiger partial charge in [0, 0.05) is 56.6 Å². The van der Waals surface area contributed by atoms with Crippen molar-refractivity contribution in [3.05, 3.63) is 95.8 Å². The fraction of sp³-hybridized carbons (Fsp3) is 0.357. The van der Waals surface area contributed by atoms with Crippen LogP contribution in [0.25, 0.3) is 0 Å². The molecular weight excluding hydrogens is 494 g/mol. The van der Waals surface area contributed by atoms with Crippen molar-refractivity contribution in [2.75, 3.05) is 31.1 Å². The molecule has 1 aromatic carbocycles. The number of halogens is 2. The lowest BCUT2D eigenvalue weighted by molar-refractivity contribution is -0.119. The van der Waals surface area contributed by atoms with Crippen LogP contribution in [-0.4, -0.2) is 52.4 Å². The Kier molecular flexibility index (Phi) is 8.21. The molecule has 194 valence electrons. The van der Waals surface area contributed by atoms with Crippen LogP contribution >= 0.6 is 11.9 Å². The number of ether oxygens (including phenoxy) is 1. The third-order valence-electron chi connectivity index (χ3n) is 6.70. The first kappa shape index (κ1) is 25.5. The second-order valence-corrected chi connectivity index (χ2v) is 10.4. The van der Waals surface area contributed by atoms with E-state index in [9.17, 15) is 13.6 Å². The van der Waals surface area contributed by atoms with E-state index in [1.807, 2.05) is 24.3 Å². The van der Waals surface area contributed by atoms with E-state index < -0.39 is 17.5 Å². The lowest BCUT2D eigenvalue weighted by atomic mass is 10.1. The van der Waals surface area contributed by atoms with E-state index in [1.54, 1.807) is 30.4 Å². The Hall–Kier alpha value is -3.17. The lowest BCUT2D eigenvalue weighted by Crippen LogP contribution is -2.44. The molecule has 0 bridgehead atoms. The van der Waals surface area contributed by atoms with Crippen LogP contribution in [0.4, 0.5) is 14.5 Å². The molecule has 9 heteroatoms. The highest BCUT2D eigenvalue weighted by Gasteiger charge is 2.31. The summed E-state index contributed by atoms with van der Waals surface area (Å²) in [7, 11) is 0. The Morgan fingerprint density at radius 2 is 1.68 bits per heavy atom. The second-order valence-electron chi connectivity index (χ2n) is 9.29. The number of amides is 1. The molecule has 1 amide bonds. The van der Waals surface area contributed by atoms with Crippen LogP contribution in [0.1, 0.15) is 31.2 Å². The highest BCUT2D eigenvalue weighted by atomic mass is 32.2. The summed E-state index contributed by atoms with van der Waals surface area (Å²) in [6.45, 7) is 3.11. The molecule has 0 radical (unpaired) electrons. The number of pyridine rings is 1. The largest absolute Gasteiger partial charge is 0.483 e. The van der Waals surface area contributed by atoms with E-state index in [1.165, 1.54) is 16.7 Å². The minimum absolute atomic E-state index is 0.0472. The predicted molar refractivity (Wildman–Crippen MR) is 141 cm³/mol. The average molecular weight is 525 g/mol. The molecule has 3 heterocycles. The molecule has 5 rings (SSSR count). The number of hydrogen-bond acceptors (Lipinski definition) is 6. The van der Waals surface area contributed by atoms with Crippen LogP contribution < -0.4 is 4.90 Å². The Balaban J connectivity index is 1.37. The zero-order valence-corrected chi connectivity index (χ0v) is 21.4. The van der Waals surface area contributed by atoms with Gasteiger partial charge in [0.15, 0.2) is 0 Å². The normalized spacial score (nSPS) is 23.1. The standard InChI is InChI=1S/C28H30F2N4O2S/c29-22-17-23(30)19-24(18-22)34-12-4-3-7-26(27(28(34)35)36-25-5-1-2-6-25)32-13-15-33(16-14-32)37-20-21-8-10-31-11-9-21/h3-4,7-12,17-19,25H,1-2,5-6,13-16,20H2/b7-3+,12-4+,27-26-. The number of anilines is 1. The van der Waals surface area contributed by atoms with Gasteiger partial charge in [0.25, 0.3) is 5.91 Å². The number of piperazine rings is 1. The maximum absolute atomic E-state index is 14.0. The summed E-state index contributed by atoms with van der Waals surface area (Å²) in [5.41, 5.74) is 2.06. The molecule has 1 saturated heterocycles. The summed E-state index contributed by atoms with van der Waals surface area (Å²) in [5.74, 6) is -0.797. The van der Waals surface area contributed by atoms with E-state index in [0.29, 0.717) is 5.70 Å². The molecule has 0 unspecified atom stereocenters. The van der Waals surface area contributed by atoms with Crippen LogP contribution in [-0.2, 0) is 15.3 Å². The van der Waals surface area contributed by atoms with Crippen molar-refractivity contribution in [1.29, 1.82) is 0 Å². The Morgan fingerprint density at radius 3 is 2.38 bits per heavy atom. The maximum Gasteiger partial charge on any atom is 0.299 e. The summed E-state index contributed by atoms with van der Waals surface area (Å²) in [6.07, 6.45) is 14.4. The van der Waals surface area contributed by atoms with Gasteiger partial charge >= 0.3 is 0 Å². The molecule has 6 nitrogen and oxygen atoms in total. The van der Waals surface area contributed by atoms with Gasteiger partial charge in [-0.15, -0.1) is 0 Å². The third kappa shape index (κ3) is 6.40. The van der Waals surface area contributed by atoms with Gasteiger partial charge in [0.1, 0.15) is 11.6 Å². The van der Waals surface area contributed by atoms with Crippen molar-refractivity contribution >= 4 is 23.5 Å². The Labute approximate surface area is 220 Å². The zero-order valence-electron chi connectivity index (χ0n) is 20.6. The van der Waals surface area contributed by atoms with Crippen molar-refractivity contribution < 1.29 is 18.3 Å². The number of aromatic nitrogens is 1. The first-order valence-corrected chi connectivity index (χ1v) is 13.6. The minimum atomic E-state index is -0.739.